The monoisotopic (exact) mass is 588 g/mol. The molecule has 0 saturated heterocycles. The Labute approximate surface area is 255 Å². The Kier molecular flexibility index (Phi) is 9.89. The Balaban J connectivity index is 1.57. The van der Waals surface area contributed by atoms with Crippen molar-refractivity contribution in [3.63, 3.8) is 0 Å². The van der Waals surface area contributed by atoms with Crippen molar-refractivity contribution in [1.29, 1.82) is 0 Å². The van der Waals surface area contributed by atoms with Crippen LogP contribution >= 0.6 is 0 Å². The Hall–Kier alpha value is -5.57. The molecule has 2 atom stereocenters. The number of azide groups is 1. The summed E-state index contributed by atoms with van der Waals surface area (Å²) in [6, 6.07) is 33.2. The van der Waals surface area contributed by atoms with E-state index < -0.39 is 17.6 Å². The third-order valence-corrected chi connectivity index (χ3v) is 7.03. The van der Waals surface area contributed by atoms with Crippen LogP contribution in [0.3, 0.4) is 0 Å². The number of aliphatic imine (C=N–C) groups is 1. The number of hydrogen-bond donors (Lipinski definition) is 3. The van der Waals surface area contributed by atoms with Gasteiger partial charge in [-0.1, -0.05) is 90.1 Å². The highest BCUT2D eigenvalue weighted by molar-refractivity contribution is 6.01. The summed E-state index contributed by atoms with van der Waals surface area (Å²) in [7, 11) is 0. The lowest BCUT2D eigenvalue weighted by atomic mass is 9.83. The van der Waals surface area contributed by atoms with Gasteiger partial charge in [0, 0.05) is 41.2 Å². The lowest BCUT2D eigenvalue weighted by Gasteiger charge is -2.30. The van der Waals surface area contributed by atoms with Crippen molar-refractivity contribution < 1.29 is 19.4 Å². The van der Waals surface area contributed by atoms with Crippen molar-refractivity contribution in [1.82, 2.24) is 5.43 Å². The van der Waals surface area contributed by atoms with Gasteiger partial charge in [0.05, 0.1) is 12.3 Å². The first-order valence-corrected chi connectivity index (χ1v) is 14.2. The second-order valence-corrected chi connectivity index (χ2v) is 10.00. The Morgan fingerprint density at radius 3 is 2.43 bits per heavy atom. The Morgan fingerprint density at radius 1 is 1.00 bits per heavy atom. The molecule has 3 N–H and O–H groups in total. The van der Waals surface area contributed by atoms with E-state index in [0.29, 0.717) is 41.3 Å². The zero-order chi connectivity index (χ0) is 30.6. The summed E-state index contributed by atoms with van der Waals surface area (Å²) in [4.78, 5) is 22.3. The molecule has 0 bridgehead atoms. The number of para-hydroxylation sites is 1. The molecule has 1 aliphatic heterocycles. The molecular formula is C34H32N6O4. The maximum Gasteiger partial charge on any atom is 0.270 e. The third-order valence-electron chi connectivity index (χ3n) is 7.03. The SMILES string of the molecule is [N-]=[N+]=Nc1ccccc1[C@@H]1OC(c2ccc(OCCCO)cc2)=N[C@]1(C/C=C/c1ccccc1)C(=O)NNc1ccccc1. The number of carbonyl (C=O) groups is 1. The van der Waals surface area contributed by atoms with E-state index >= 15 is 0 Å². The maximum absolute atomic E-state index is 14.3. The summed E-state index contributed by atoms with van der Waals surface area (Å²) in [6.45, 7) is 0.431. The molecule has 5 rings (SSSR count). The summed E-state index contributed by atoms with van der Waals surface area (Å²) in [5, 5.41) is 12.9. The van der Waals surface area contributed by atoms with E-state index in [-0.39, 0.29) is 18.9 Å². The van der Waals surface area contributed by atoms with Gasteiger partial charge in [-0.05, 0) is 47.5 Å². The van der Waals surface area contributed by atoms with Crippen LogP contribution < -0.4 is 15.6 Å². The average Bonchev–Trinajstić information content (AvgIpc) is 3.46. The van der Waals surface area contributed by atoms with Crippen molar-refractivity contribution in [2.45, 2.75) is 24.5 Å². The average molecular weight is 589 g/mol. The number of ether oxygens (including phenoxy) is 2. The zero-order valence-electron chi connectivity index (χ0n) is 23.9. The van der Waals surface area contributed by atoms with E-state index in [1.165, 1.54) is 0 Å². The van der Waals surface area contributed by atoms with Crippen molar-refractivity contribution >= 4 is 29.3 Å². The molecular weight excluding hydrogens is 556 g/mol. The Bertz CT molecular complexity index is 1650. The third kappa shape index (κ3) is 7.07. The molecule has 10 nitrogen and oxygen atoms in total. The highest BCUT2D eigenvalue weighted by Crippen LogP contribution is 2.45. The smallest absolute Gasteiger partial charge is 0.270 e. The van der Waals surface area contributed by atoms with Crippen LogP contribution in [0.15, 0.2) is 125 Å². The number of aliphatic hydroxyl groups is 1. The standard InChI is InChI=1S/C34H32N6O4/c35-40-38-30-17-8-7-16-29(30)31-34(22-9-13-25-11-3-1-4-12-25,33(42)39-37-27-14-5-2-6-15-27)36-32(44-31)26-18-20-28(21-19-26)43-24-10-23-41/h1-9,11-21,31,37,41H,10,22-24H2,(H,39,42)/b13-9+/t31-,34-/m0/s1. The summed E-state index contributed by atoms with van der Waals surface area (Å²) in [5.41, 5.74) is 16.8. The molecule has 222 valence electrons. The predicted molar refractivity (Wildman–Crippen MR) is 170 cm³/mol. The van der Waals surface area contributed by atoms with E-state index in [0.717, 1.165) is 5.56 Å². The molecule has 0 fully saturated rings. The number of carbonyl (C=O) groups excluding carboxylic acids is 1. The van der Waals surface area contributed by atoms with E-state index in [1.807, 2.05) is 72.8 Å². The lowest BCUT2D eigenvalue weighted by Crippen LogP contribution is -2.49. The quantitative estimate of drug-likeness (QED) is 0.0513. The van der Waals surface area contributed by atoms with Crippen LogP contribution in [0.1, 0.15) is 35.6 Å². The second kappa shape index (κ2) is 14.6. The second-order valence-electron chi connectivity index (χ2n) is 10.00. The number of hydrogen-bond acceptors (Lipinski definition) is 7. The fourth-order valence-electron chi connectivity index (χ4n) is 4.84. The predicted octanol–water partition coefficient (Wildman–Crippen LogP) is 6.89. The fourth-order valence-corrected chi connectivity index (χ4v) is 4.84. The van der Waals surface area contributed by atoms with Gasteiger partial charge in [0.1, 0.15) is 5.75 Å². The van der Waals surface area contributed by atoms with Crippen molar-refractivity contribution in [3.8, 4) is 5.75 Å². The number of rotatable bonds is 13. The van der Waals surface area contributed by atoms with Gasteiger partial charge in [-0.25, -0.2) is 4.99 Å². The lowest BCUT2D eigenvalue weighted by molar-refractivity contribution is -0.128. The number of benzene rings is 4. The van der Waals surface area contributed by atoms with E-state index in [2.05, 4.69) is 20.9 Å². The fraction of sp³-hybridized carbons (Fsp3) is 0.176. The minimum absolute atomic E-state index is 0.0451. The summed E-state index contributed by atoms with van der Waals surface area (Å²) in [5.74, 6) is 0.460. The van der Waals surface area contributed by atoms with Gasteiger partial charge >= 0.3 is 0 Å². The number of nitrogens with one attached hydrogen (secondary N) is 2. The molecule has 44 heavy (non-hydrogen) atoms. The summed E-state index contributed by atoms with van der Waals surface area (Å²) in [6.07, 6.45) is 3.59. The number of amides is 1. The first-order valence-electron chi connectivity index (χ1n) is 14.2. The number of aliphatic hydroxyl groups excluding tert-OH is 1. The molecule has 10 heteroatoms. The van der Waals surface area contributed by atoms with E-state index in [4.69, 9.17) is 19.6 Å². The van der Waals surface area contributed by atoms with Gasteiger partial charge in [0.15, 0.2) is 11.6 Å². The van der Waals surface area contributed by atoms with E-state index in [1.54, 1.807) is 48.5 Å². The normalized spacial score (nSPS) is 17.3. The van der Waals surface area contributed by atoms with Crippen LogP contribution in [0.4, 0.5) is 11.4 Å². The number of anilines is 1. The molecule has 0 unspecified atom stereocenters. The largest absolute Gasteiger partial charge is 0.494 e. The van der Waals surface area contributed by atoms with Gasteiger partial charge in [0.2, 0.25) is 5.90 Å². The van der Waals surface area contributed by atoms with Crippen LogP contribution in [0, 0.1) is 0 Å². The van der Waals surface area contributed by atoms with Crippen LogP contribution in [-0.4, -0.2) is 35.7 Å². The van der Waals surface area contributed by atoms with Crippen LogP contribution in [-0.2, 0) is 9.53 Å². The highest BCUT2D eigenvalue weighted by atomic mass is 16.5. The molecule has 0 spiro atoms. The molecule has 4 aromatic rings. The molecule has 1 amide bonds. The minimum Gasteiger partial charge on any atom is -0.494 e. The van der Waals surface area contributed by atoms with Crippen molar-refractivity contribution in [3.05, 3.63) is 142 Å². The summed E-state index contributed by atoms with van der Waals surface area (Å²) < 4.78 is 12.2. The molecule has 0 saturated carbocycles. The first kappa shape index (κ1) is 29.9. The molecule has 4 aromatic carbocycles. The summed E-state index contributed by atoms with van der Waals surface area (Å²) >= 11 is 0. The van der Waals surface area contributed by atoms with Crippen molar-refractivity contribution in [2.24, 2.45) is 10.1 Å². The van der Waals surface area contributed by atoms with Gasteiger partial charge in [-0.3, -0.25) is 15.6 Å². The maximum atomic E-state index is 14.3. The highest BCUT2D eigenvalue weighted by Gasteiger charge is 2.53. The molecule has 0 aromatic heterocycles. The first-order chi connectivity index (χ1) is 21.6. The molecule has 1 heterocycles. The molecule has 0 radical (unpaired) electrons. The van der Waals surface area contributed by atoms with E-state index in [9.17, 15) is 10.3 Å². The van der Waals surface area contributed by atoms with Gasteiger partial charge in [-0.15, -0.1) is 0 Å². The van der Waals surface area contributed by atoms with Gasteiger partial charge in [0.25, 0.3) is 5.91 Å². The molecule has 0 aliphatic carbocycles. The zero-order valence-corrected chi connectivity index (χ0v) is 23.9. The van der Waals surface area contributed by atoms with Crippen LogP contribution in [0.25, 0.3) is 16.5 Å². The minimum atomic E-state index is -1.49. The number of hydrazine groups is 1. The number of nitrogens with zero attached hydrogens (tertiary/aromatic N) is 4. The van der Waals surface area contributed by atoms with Crippen LogP contribution in [0.2, 0.25) is 0 Å². The Morgan fingerprint density at radius 2 is 1.70 bits per heavy atom. The molecule has 1 aliphatic rings. The van der Waals surface area contributed by atoms with Gasteiger partial charge in [-0.2, -0.15) is 0 Å². The topological polar surface area (TPSA) is 141 Å². The van der Waals surface area contributed by atoms with Crippen molar-refractivity contribution in [2.75, 3.05) is 18.6 Å². The van der Waals surface area contributed by atoms with Crippen LogP contribution in [0.5, 0.6) is 5.75 Å². The van der Waals surface area contributed by atoms with Gasteiger partial charge < -0.3 is 14.6 Å².